The second-order valence-corrected chi connectivity index (χ2v) is 19.8. The molecule has 0 bridgehead atoms. The molecule has 0 N–H and O–H groups in total. The molecule has 0 saturated carbocycles. The molecule has 3 nitrogen and oxygen atoms in total. The molecular formula is C53H51BF2N2O. The van der Waals surface area contributed by atoms with Crippen molar-refractivity contribution in [1.82, 2.24) is 0 Å². The third-order valence-corrected chi connectivity index (χ3v) is 13.6. The first kappa shape index (κ1) is 37.6. The van der Waals surface area contributed by atoms with Gasteiger partial charge in [0.05, 0.1) is 16.9 Å². The molecule has 0 saturated heterocycles. The van der Waals surface area contributed by atoms with Crippen LogP contribution in [-0.4, -0.2) is 6.71 Å². The number of aryl methyl sites for hydroxylation is 3. The molecule has 1 aromatic heterocycles. The number of furan rings is 1. The fourth-order valence-corrected chi connectivity index (χ4v) is 10.3. The predicted molar refractivity (Wildman–Crippen MR) is 244 cm³/mol. The Bertz CT molecular complexity index is 2880. The largest absolute Gasteiger partial charge is 0.468 e. The van der Waals surface area contributed by atoms with E-state index in [0.717, 1.165) is 85.6 Å². The summed E-state index contributed by atoms with van der Waals surface area (Å²) < 4.78 is 38.5. The van der Waals surface area contributed by atoms with E-state index in [0.29, 0.717) is 5.56 Å². The van der Waals surface area contributed by atoms with Crippen molar-refractivity contribution in [3.8, 4) is 11.1 Å². The van der Waals surface area contributed by atoms with Crippen LogP contribution in [0.3, 0.4) is 0 Å². The number of benzene rings is 6. The monoisotopic (exact) mass is 780 g/mol. The number of nitrogens with zero attached hydrogens (tertiary/aromatic N) is 2. The molecule has 6 heteroatoms. The fraction of sp³-hybridized carbons (Fsp3) is 0.283. The summed E-state index contributed by atoms with van der Waals surface area (Å²) in [6.07, 6.45) is 2.21. The van der Waals surface area contributed by atoms with Crippen molar-refractivity contribution in [1.29, 1.82) is 0 Å². The highest BCUT2D eigenvalue weighted by molar-refractivity contribution is 7.00. The molecular weight excluding hydrogens is 729 g/mol. The Morgan fingerprint density at radius 3 is 1.93 bits per heavy atom. The Labute approximate surface area is 347 Å². The maximum absolute atomic E-state index is 15.6. The average Bonchev–Trinajstić information content (AvgIpc) is 3.54. The minimum atomic E-state index is -0.586. The molecule has 3 aliphatic rings. The van der Waals surface area contributed by atoms with Crippen molar-refractivity contribution in [2.75, 3.05) is 9.80 Å². The van der Waals surface area contributed by atoms with Crippen molar-refractivity contribution < 1.29 is 13.2 Å². The molecule has 0 fully saturated rings. The van der Waals surface area contributed by atoms with Crippen LogP contribution >= 0.6 is 0 Å². The maximum atomic E-state index is 15.6. The summed E-state index contributed by atoms with van der Waals surface area (Å²) in [4.78, 5) is 4.75. The van der Waals surface area contributed by atoms with E-state index in [1.54, 1.807) is 0 Å². The summed E-state index contributed by atoms with van der Waals surface area (Å²) in [6, 6.07) is 34.9. The summed E-state index contributed by atoms with van der Waals surface area (Å²) >= 11 is 0. The molecule has 1 aliphatic carbocycles. The molecule has 0 radical (unpaired) electrons. The number of fused-ring (bicyclic) bond motifs is 7. The topological polar surface area (TPSA) is 19.6 Å². The standard InChI is InChI=1S/C53H51BF2N2O/c1-30-14-21-42(32(3)24-30)58-43-27-33(47-40(55)12-11-13-41(47)56)15-20-39(43)54-48-44(25-31(2)26-45(48)58)57(35-18-16-34(17-19-35)51(4,5)6)49-36-28-37-38(29-46(36)59-50(49)54)53(9,10)23-22-52(37,7)8/h11-21,24-29H,22-23H2,1-10H3. The number of hydrogen-bond donors (Lipinski definition) is 0. The van der Waals surface area contributed by atoms with E-state index in [2.05, 4.69) is 152 Å². The lowest BCUT2D eigenvalue weighted by Crippen LogP contribution is -2.61. The smallest absolute Gasteiger partial charge is 0.297 e. The van der Waals surface area contributed by atoms with Gasteiger partial charge in [-0.25, -0.2) is 8.78 Å². The highest BCUT2D eigenvalue weighted by Gasteiger charge is 2.48. The zero-order chi connectivity index (χ0) is 41.5. The van der Waals surface area contributed by atoms with Crippen LogP contribution in [0.25, 0.3) is 22.1 Å². The lowest BCUT2D eigenvalue weighted by Gasteiger charge is -2.43. The van der Waals surface area contributed by atoms with Crippen molar-refractivity contribution in [2.45, 2.75) is 98.3 Å². The van der Waals surface area contributed by atoms with Crippen LogP contribution < -0.4 is 26.4 Å². The number of hydrogen-bond acceptors (Lipinski definition) is 3. The molecule has 2 aliphatic heterocycles. The minimum Gasteiger partial charge on any atom is -0.468 e. The van der Waals surface area contributed by atoms with Crippen LogP contribution in [0.2, 0.25) is 0 Å². The first-order valence-corrected chi connectivity index (χ1v) is 21.1. The summed E-state index contributed by atoms with van der Waals surface area (Å²) in [6.45, 7) is 22.4. The van der Waals surface area contributed by atoms with Gasteiger partial charge in [-0.05, 0) is 155 Å². The third-order valence-electron chi connectivity index (χ3n) is 13.6. The summed E-state index contributed by atoms with van der Waals surface area (Å²) in [5.41, 5.74) is 17.9. The average molecular weight is 781 g/mol. The first-order valence-electron chi connectivity index (χ1n) is 21.1. The number of halogens is 2. The highest BCUT2D eigenvalue weighted by Crippen LogP contribution is 2.52. The molecule has 0 spiro atoms. The second-order valence-electron chi connectivity index (χ2n) is 19.8. The van der Waals surface area contributed by atoms with Gasteiger partial charge < -0.3 is 14.2 Å². The van der Waals surface area contributed by atoms with Crippen LogP contribution in [0, 0.1) is 32.4 Å². The van der Waals surface area contributed by atoms with Gasteiger partial charge in [-0.2, -0.15) is 0 Å². The van der Waals surface area contributed by atoms with Gasteiger partial charge in [0.25, 0.3) is 6.71 Å². The molecule has 0 amide bonds. The van der Waals surface area contributed by atoms with Gasteiger partial charge in [-0.3, -0.25) is 0 Å². The van der Waals surface area contributed by atoms with Gasteiger partial charge in [0.15, 0.2) is 0 Å². The minimum absolute atomic E-state index is 0.000483. The maximum Gasteiger partial charge on any atom is 0.297 e. The molecule has 3 heterocycles. The zero-order valence-electron chi connectivity index (χ0n) is 35.9. The number of rotatable bonds is 3. The Kier molecular flexibility index (Phi) is 8.10. The summed E-state index contributed by atoms with van der Waals surface area (Å²) in [5, 5.41) is 1.10. The van der Waals surface area contributed by atoms with E-state index in [4.69, 9.17) is 4.42 Å². The van der Waals surface area contributed by atoms with E-state index < -0.39 is 11.6 Å². The quantitative estimate of drug-likeness (QED) is 0.167. The van der Waals surface area contributed by atoms with E-state index in [1.165, 1.54) is 40.5 Å². The van der Waals surface area contributed by atoms with Gasteiger partial charge in [0.2, 0.25) is 0 Å². The summed E-state index contributed by atoms with van der Waals surface area (Å²) in [5.74, 6) is -1.17. The Hall–Kier alpha value is -5.62. The molecule has 0 atom stereocenters. The Morgan fingerprint density at radius 2 is 1.29 bits per heavy atom. The highest BCUT2D eigenvalue weighted by atomic mass is 19.1. The van der Waals surface area contributed by atoms with Gasteiger partial charge >= 0.3 is 0 Å². The third kappa shape index (κ3) is 5.65. The Balaban J connectivity index is 1.33. The van der Waals surface area contributed by atoms with Gasteiger partial charge in [-0.1, -0.05) is 96.5 Å². The normalized spacial score (nSPS) is 16.2. The van der Waals surface area contributed by atoms with Gasteiger partial charge in [-0.15, -0.1) is 0 Å². The van der Waals surface area contributed by atoms with E-state index in [-0.39, 0.29) is 28.5 Å². The van der Waals surface area contributed by atoms with Crippen molar-refractivity contribution in [3.63, 3.8) is 0 Å². The summed E-state index contributed by atoms with van der Waals surface area (Å²) in [7, 11) is 0. The Morgan fingerprint density at radius 1 is 0.644 bits per heavy atom. The van der Waals surface area contributed by atoms with Crippen LogP contribution in [0.15, 0.2) is 108 Å². The molecule has 0 unspecified atom stereocenters. The van der Waals surface area contributed by atoms with Crippen LogP contribution in [0.5, 0.6) is 0 Å². The van der Waals surface area contributed by atoms with Crippen LogP contribution in [0.4, 0.5) is 42.9 Å². The lowest BCUT2D eigenvalue weighted by molar-refractivity contribution is 0.332. The zero-order valence-corrected chi connectivity index (χ0v) is 35.9. The van der Waals surface area contributed by atoms with Crippen molar-refractivity contribution in [2.24, 2.45) is 0 Å². The molecule has 7 aromatic rings. The van der Waals surface area contributed by atoms with Gasteiger partial charge in [0, 0.05) is 33.8 Å². The van der Waals surface area contributed by atoms with Crippen LogP contribution in [-0.2, 0) is 16.2 Å². The first-order chi connectivity index (χ1) is 27.9. The fourth-order valence-electron chi connectivity index (χ4n) is 10.3. The van der Waals surface area contributed by atoms with Crippen molar-refractivity contribution in [3.05, 3.63) is 148 Å². The van der Waals surface area contributed by atoms with Gasteiger partial charge in [0.1, 0.15) is 17.2 Å². The molecule has 59 heavy (non-hydrogen) atoms. The number of anilines is 6. The van der Waals surface area contributed by atoms with E-state index >= 15 is 8.78 Å². The molecule has 10 rings (SSSR count). The van der Waals surface area contributed by atoms with Crippen molar-refractivity contribution >= 4 is 68.4 Å². The second kappa shape index (κ2) is 12.7. The predicted octanol–water partition coefficient (Wildman–Crippen LogP) is 13.0. The van der Waals surface area contributed by atoms with Crippen LogP contribution in [0.1, 0.15) is 94.7 Å². The SMILES string of the molecule is Cc1ccc(N2c3cc(-c4c(F)cccc4F)ccc3B3c4oc5cc6c(cc5c4N(c4ccc(C(C)(C)C)cc4)c4cc(C)cc2c43)C(C)(C)CCC6(C)C)c(C)c1. The molecule has 6 aromatic carbocycles. The molecule has 296 valence electrons. The lowest BCUT2D eigenvalue weighted by atomic mass is 9.35. The van der Waals surface area contributed by atoms with E-state index in [1.807, 2.05) is 12.1 Å². The van der Waals surface area contributed by atoms with E-state index in [9.17, 15) is 0 Å².